The Morgan fingerprint density at radius 3 is 2.80 bits per heavy atom. The molecule has 0 saturated carbocycles. The Morgan fingerprint density at radius 2 is 2.04 bits per heavy atom. The number of methoxy groups -OCH3 is 1. The van der Waals surface area contributed by atoms with Gasteiger partial charge in [-0.3, -0.25) is 9.59 Å². The molecule has 1 aromatic carbocycles. The Balaban J connectivity index is 1.92. The Morgan fingerprint density at radius 1 is 1.28 bits per heavy atom. The Labute approximate surface area is 144 Å². The van der Waals surface area contributed by atoms with Crippen molar-refractivity contribution in [1.82, 2.24) is 4.90 Å². The van der Waals surface area contributed by atoms with Crippen LogP contribution >= 0.6 is 0 Å². The summed E-state index contributed by atoms with van der Waals surface area (Å²) in [7, 11) is 1.27. The molecule has 2 heterocycles. The molecule has 1 aromatic rings. The SMILES string of the molecule is COC(=O)c1ccccc1NC(=O)C1(C)CC(=O)N=C2C=CC=CN21. The number of nitrogens with zero attached hydrogens (tertiary/aromatic N) is 2. The molecule has 3 rings (SSSR count). The lowest BCUT2D eigenvalue weighted by Gasteiger charge is -2.41. The first-order chi connectivity index (χ1) is 12.0. The molecule has 0 aromatic heterocycles. The van der Waals surface area contributed by atoms with E-state index >= 15 is 0 Å². The Bertz CT molecular complexity index is 840. The van der Waals surface area contributed by atoms with Gasteiger partial charge in [0, 0.05) is 6.20 Å². The molecule has 1 unspecified atom stereocenters. The molecule has 0 spiro atoms. The number of allylic oxidation sites excluding steroid dienone is 2. The monoisotopic (exact) mass is 339 g/mol. The van der Waals surface area contributed by atoms with Crippen molar-refractivity contribution < 1.29 is 19.1 Å². The highest BCUT2D eigenvalue weighted by Crippen LogP contribution is 2.30. The largest absolute Gasteiger partial charge is 0.465 e. The minimum Gasteiger partial charge on any atom is -0.465 e. The van der Waals surface area contributed by atoms with Gasteiger partial charge in [-0.15, -0.1) is 0 Å². The molecule has 2 amide bonds. The van der Waals surface area contributed by atoms with Crippen LogP contribution in [0.25, 0.3) is 0 Å². The van der Waals surface area contributed by atoms with Gasteiger partial charge < -0.3 is 15.0 Å². The number of amidine groups is 1. The Hall–Kier alpha value is -3.22. The average molecular weight is 339 g/mol. The molecule has 0 saturated heterocycles. The summed E-state index contributed by atoms with van der Waals surface area (Å²) in [5, 5.41) is 2.74. The number of amides is 2. The maximum Gasteiger partial charge on any atom is 0.339 e. The fraction of sp³-hybridized carbons (Fsp3) is 0.222. The van der Waals surface area contributed by atoms with Crippen molar-refractivity contribution in [3.63, 3.8) is 0 Å². The van der Waals surface area contributed by atoms with Crippen LogP contribution in [-0.4, -0.2) is 41.2 Å². The Kier molecular flexibility index (Phi) is 4.22. The van der Waals surface area contributed by atoms with E-state index in [1.54, 1.807) is 60.5 Å². The number of para-hydroxylation sites is 1. The van der Waals surface area contributed by atoms with Crippen LogP contribution in [0.15, 0.2) is 53.7 Å². The summed E-state index contributed by atoms with van der Waals surface area (Å²) in [6.45, 7) is 1.67. The van der Waals surface area contributed by atoms with E-state index in [4.69, 9.17) is 4.74 Å². The van der Waals surface area contributed by atoms with Crippen molar-refractivity contribution in [1.29, 1.82) is 0 Å². The highest BCUT2D eigenvalue weighted by molar-refractivity contribution is 6.12. The number of carbonyl (C=O) groups is 3. The number of rotatable bonds is 3. The first kappa shape index (κ1) is 16.6. The number of ether oxygens (including phenoxy) is 1. The van der Waals surface area contributed by atoms with Crippen LogP contribution in [0.2, 0.25) is 0 Å². The molecule has 7 nitrogen and oxygen atoms in total. The third-order valence-corrected chi connectivity index (χ3v) is 4.17. The molecule has 2 aliphatic heterocycles. The summed E-state index contributed by atoms with van der Waals surface area (Å²) in [6.07, 6.45) is 6.82. The van der Waals surface area contributed by atoms with Crippen molar-refractivity contribution in [3.8, 4) is 0 Å². The summed E-state index contributed by atoms with van der Waals surface area (Å²) in [5.41, 5.74) is -0.584. The minimum absolute atomic E-state index is 0.0685. The number of carbonyl (C=O) groups excluding carboxylic acids is 3. The lowest BCUT2D eigenvalue weighted by molar-refractivity contribution is -0.130. The van der Waals surface area contributed by atoms with Crippen LogP contribution < -0.4 is 5.32 Å². The van der Waals surface area contributed by atoms with E-state index in [2.05, 4.69) is 10.3 Å². The van der Waals surface area contributed by atoms with Crippen molar-refractivity contribution in [2.75, 3.05) is 12.4 Å². The van der Waals surface area contributed by atoms with Crippen LogP contribution in [0.3, 0.4) is 0 Å². The van der Waals surface area contributed by atoms with E-state index in [-0.39, 0.29) is 17.9 Å². The second-order valence-electron chi connectivity index (χ2n) is 5.88. The van der Waals surface area contributed by atoms with Gasteiger partial charge in [0.1, 0.15) is 11.4 Å². The number of nitrogens with one attached hydrogen (secondary N) is 1. The predicted molar refractivity (Wildman–Crippen MR) is 92.0 cm³/mol. The standard InChI is InChI=1S/C18H17N3O4/c1-18(11-15(22)20-14-9-5-6-10-21(14)18)17(24)19-13-8-4-3-7-12(13)16(23)25-2/h3-10H,11H2,1-2H3,(H,19,24). The van der Waals surface area contributed by atoms with E-state index in [9.17, 15) is 14.4 Å². The smallest absolute Gasteiger partial charge is 0.339 e. The zero-order valence-electron chi connectivity index (χ0n) is 13.9. The lowest BCUT2D eigenvalue weighted by atomic mass is 9.91. The number of fused-ring (bicyclic) bond motifs is 1. The summed E-state index contributed by atoms with van der Waals surface area (Å²) in [6, 6.07) is 6.55. The molecule has 2 aliphatic rings. The molecule has 25 heavy (non-hydrogen) atoms. The second kappa shape index (κ2) is 6.35. The van der Waals surface area contributed by atoms with Gasteiger partial charge >= 0.3 is 5.97 Å². The molecule has 0 aliphatic carbocycles. The maximum atomic E-state index is 13.0. The van der Waals surface area contributed by atoms with E-state index in [1.165, 1.54) is 7.11 Å². The maximum absolute atomic E-state index is 13.0. The van der Waals surface area contributed by atoms with Crippen LogP contribution in [0, 0.1) is 0 Å². The molecule has 0 fully saturated rings. The zero-order chi connectivity index (χ0) is 18.0. The minimum atomic E-state index is -1.15. The molecular weight excluding hydrogens is 322 g/mol. The molecular formula is C18H17N3O4. The highest BCUT2D eigenvalue weighted by Gasteiger charge is 2.45. The van der Waals surface area contributed by atoms with Gasteiger partial charge in [-0.2, -0.15) is 4.99 Å². The van der Waals surface area contributed by atoms with Gasteiger partial charge in [0.15, 0.2) is 0 Å². The van der Waals surface area contributed by atoms with E-state index < -0.39 is 17.4 Å². The van der Waals surface area contributed by atoms with Gasteiger partial charge in [-0.25, -0.2) is 4.79 Å². The molecule has 128 valence electrons. The number of esters is 1. The fourth-order valence-corrected chi connectivity index (χ4v) is 2.82. The van der Waals surface area contributed by atoms with Crippen LogP contribution in [0.4, 0.5) is 5.69 Å². The number of hydrogen-bond donors (Lipinski definition) is 1. The van der Waals surface area contributed by atoms with Crippen molar-refractivity contribution in [2.45, 2.75) is 18.9 Å². The van der Waals surface area contributed by atoms with Gasteiger partial charge in [0.25, 0.3) is 11.8 Å². The quantitative estimate of drug-likeness (QED) is 0.850. The topological polar surface area (TPSA) is 88.1 Å². The molecule has 1 atom stereocenters. The van der Waals surface area contributed by atoms with Crippen LogP contribution in [0.1, 0.15) is 23.7 Å². The first-order valence-electron chi connectivity index (χ1n) is 7.70. The van der Waals surface area contributed by atoms with Crippen molar-refractivity contribution in [2.24, 2.45) is 4.99 Å². The van der Waals surface area contributed by atoms with Crippen molar-refractivity contribution >= 4 is 29.3 Å². The molecule has 7 heteroatoms. The summed E-state index contributed by atoms with van der Waals surface area (Å²) in [5.74, 6) is -0.920. The lowest BCUT2D eigenvalue weighted by Crippen LogP contribution is -2.58. The average Bonchev–Trinajstić information content (AvgIpc) is 2.61. The third-order valence-electron chi connectivity index (χ3n) is 4.17. The van der Waals surface area contributed by atoms with E-state index in [1.807, 2.05) is 0 Å². The van der Waals surface area contributed by atoms with Crippen LogP contribution in [-0.2, 0) is 14.3 Å². The second-order valence-corrected chi connectivity index (χ2v) is 5.88. The fourth-order valence-electron chi connectivity index (χ4n) is 2.82. The van der Waals surface area contributed by atoms with E-state index in [0.29, 0.717) is 11.5 Å². The normalized spacial score (nSPS) is 21.4. The summed E-state index contributed by atoms with van der Waals surface area (Å²) >= 11 is 0. The van der Waals surface area contributed by atoms with Gasteiger partial charge in [0.2, 0.25) is 0 Å². The molecule has 1 N–H and O–H groups in total. The van der Waals surface area contributed by atoms with Gasteiger partial charge in [-0.1, -0.05) is 18.2 Å². The number of aliphatic imine (C=N–C) groups is 1. The molecule has 0 radical (unpaired) electrons. The first-order valence-corrected chi connectivity index (χ1v) is 7.70. The summed E-state index contributed by atoms with van der Waals surface area (Å²) in [4.78, 5) is 42.5. The number of anilines is 1. The van der Waals surface area contributed by atoms with Crippen molar-refractivity contribution in [3.05, 3.63) is 54.3 Å². The predicted octanol–water partition coefficient (Wildman–Crippen LogP) is 1.88. The summed E-state index contributed by atoms with van der Waals surface area (Å²) < 4.78 is 4.74. The highest BCUT2D eigenvalue weighted by atomic mass is 16.5. The van der Waals surface area contributed by atoms with Gasteiger partial charge in [0.05, 0.1) is 24.8 Å². The third kappa shape index (κ3) is 2.96. The molecule has 0 bridgehead atoms. The number of hydrogen-bond acceptors (Lipinski definition) is 5. The van der Waals surface area contributed by atoms with Crippen LogP contribution in [0.5, 0.6) is 0 Å². The van der Waals surface area contributed by atoms with Gasteiger partial charge in [-0.05, 0) is 31.2 Å². The number of benzene rings is 1. The van der Waals surface area contributed by atoms with E-state index in [0.717, 1.165) is 0 Å². The zero-order valence-corrected chi connectivity index (χ0v) is 13.9.